The number of carbonyl (C=O) groups excluding carboxylic acids is 1. The third kappa shape index (κ3) is 3.76. The third-order valence-electron chi connectivity index (χ3n) is 4.34. The Morgan fingerprint density at radius 1 is 1.35 bits per heavy atom. The van der Waals surface area contributed by atoms with Crippen LogP contribution in [0.5, 0.6) is 0 Å². The highest BCUT2D eigenvalue weighted by Crippen LogP contribution is 2.18. The fourth-order valence-electron chi connectivity index (χ4n) is 2.97. The summed E-state index contributed by atoms with van der Waals surface area (Å²) in [4.78, 5) is 12.4. The van der Waals surface area contributed by atoms with Crippen LogP contribution in [0.2, 0.25) is 0 Å². The van der Waals surface area contributed by atoms with Gasteiger partial charge in [0.2, 0.25) is 0 Å². The lowest BCUT2D eigenvalue weighted by molar-refractivity contribution is 0.0930. The van der Waals surface area contributed by atoms with E-state index in [-0.39, 0.29) is 11.9 Å². The van der Waals surface area contributed by atoms with E-state index in [4.69, 9.17) is 0 Å². The van der Waals surface area contributed by atoms with Gasteiger partial charge in [0.1, 0.15) is 0 Å². The smallest absolute Gasteiger partial charge is 0.273 e. The maximum atomic E-state index is 12.4. The molecule has 2 N–H and O–H groups in total. The Kier molecular flexibility index (Phi) is 5.02. The van der Waals surface area contributed by atoms with Crippen molar-refractivity contribution < 1.29 is 4.79 Å². The van der Waals surface area contributed by atoms with Crippen molar-refractivity contribution in [3.8, 4) is 0 Å². The second-order valence-corrected chi connectivity index (χ2v) is 5.91. The molecule has 2 heterocycles. The lowest BCUT2D eigenvalue weighted by Crippen LogP contribution is -2.30. The van der Waals surface area contributed by atoms with E-state index in [1.807, 2.05) is 35.0 Å². The molecule has 1 aliphatic rings. The topological polar surface area (TPSA) is 71.8 Å². The number of benzene rings is 1. The summed E-state index contributed by atoms with van der Waals surface area (Å²) in [5, 5.41) is 14.6. The largest absolute Gasteiger partial charge is 0.344 e. The van der Waals surface area contributed by atoms with Crippen LogP contribution in [-0.2, 0) is 0 Å². The van der Waals surface area contributed by atoms with Crippen LogP contribution in [0.3, 0.4) is 0 Å². The van der Waals surface area contributed by atoms with Crippen molar-refractivity contribution in [1.82, 2.24) is 25.6 Å². The zero-order valence-electron chi connectivity index (χ0n) is 13.4. The fraction of sp³-hybridized carbons (Fsp3) is 0.471. The molecular formula is C17H23N5O. The molecule has 1 saturated heterocycles. The first-order chi connectivity index (χ1) is 11.3. The molecule has 0 radical (unpaired) electrons. The van der Waals surface area contributed by atoms with Crippen LogP contribution in [0.15, 0.2) is 36.5 Å². The molecule has 3 rings (SSSR count). The average Bonchev–Trinajstić information content (AvgIpc) is 3.11. The highest BCUT2D eigenvalue weighted by Gasteiger charge is 2.20. The van der Waals surface area contributed by atoms with Gasteiger partial charge >= 0.3 is 0 Å². The minimum Gasteiger partial charge on any atom is -0.344 e. The van der Waals surface area contributed by atoms with Crippen LogP contribution in [0.4, 0.5) is 0 Å². The molecule has 1 fully saturated rings. The summed E-state index contributed by atoms with van der Waals surface area (Å²) in [7, 11) is 0. The van der Waals surface area contributed by atoms with Crippen molar-refractivity contribution in [1.29, 1.82) is 0 Å². The number of piperidine rings is 1. The summed E-state index contributed by atoms with van der Waals surface area (Å²) >= 11 is 0. The van der Waals surface area contributed by atoms with Crippen LogP contribution < -0.4 is 10.6 Å². The van der Waals surface area contributed by atoms with Crippen LogP contribution in [0, 0.1) is 0 Å². The van der Waals surface area contributed by atoms with Gasteiger partial charge in [-0.25, -0.2) is 4.68 Å². The summed E-state index contributed by atoms with van der Waals surface area (Å²) in [6, 6.07) is 10.3. The molecule has 0 spiro atoms. The number of aromatic nitrogens is 3. The summed E-state index contributed by atoms with van der Waals surface area (Å²) < 4.78 is 1.83. The first-order valence-corrected chi connectivity index (χ1v) is 8.26. The fourth-order valence-corrected chi connectivity index (χ4v) is 2.97. The Hall–Kier alpha value is -2.21. The van der Waals surface area contributed by atoms with Gasteiger partial charge < -0.3 is 10.6 Å². The number of rotatable bonds is 5. The van der Waals surface area contributed by atoms with E-state index in [9.17, 15) is 4.79 Å². The predicted octanol–water partition coefficient (Wildman–Crippen LogP) is 2.08. The van der Waals surface area contributed by atoms with E-state index >= 15 is 0 Å². The lowest BCUT2D eigenvalue weighted by Gasteiger charge is -2.22. The quantitative estimate of drug-likeness (QED) is 0.886. The number of hydrogen-bond acceptors (Lipinski definition) is 4. The maximum absolute atomic E-state index is 12.4. The van der Waals surface area contributed by atoms with E-state index in [2.05, 4.69) is 27.9 Å². The van der Waals surface area contributed by atoms with Crippen LogP contribution in [0.1, 0.15) is 54.3 Å². The second kappa shape index (κ2) is 7.37. The molecule has 122 valence electrons. The SMILES string of the molecule is CCC(NC(=O)c1cn(C2CCNCC2)nn1)c1ccccc1. The minimum atomic E-state index is -0.166. The Balaban J connectivity index is 1.67. The monoisotopic (exact) mass is 313 g/mol. The summed E-state index contributed by atoms with van der Waals surface area (Å²) in [6.07, 6.45) is 4.64. The standard InChI is InChI=1S/C17H23N5O/c1-2-15(13-6-4-3-5-7-13)19-17(23)16-12-22(21-20-16)14-8-10-18-11-9-14/h3-7,12,14-15,18H,2,8-11H2,1H3,(H,19,23). The normalized spacial score (nSPS) is 16.9. The Bertz CT molecular complexity index is 633. The third-order valence-corrected chi connectivity index (χ3v) is 4.34. The molecule has 6 heteroatoms. The average molecular weight is 313 g/mol. The Morgan fingerprint density at radius 3 is 2.78 bits per heavy atom. The number of nitrogens with one attached hydrogen (secondary N) is 2. The lowest BCUT2D eigenvalue weighted by atomic mass is 10.0. The van der Waals surface area contributed by atoms with Crippen molar-refractivity contribution in [3.05, 3.63) is 47.8 Å². The van der Waals surface area contributed by atoms with Crippen LogP contribution >= 0.6 is 0 Å². The van der Waals surface area contributed by atoms with Crippen molar-refractivity contribution in [3.63, 3.8) is 0 Å². The molecule has 0 bridgehead atoms. The van der Waals surface area contributed by atoms with Gasteiger partial charge in [-0.1, -0.05) is 42.5 Å². The van der Waals surface area contributed by atoms with E-state index in [0.717, 1.165) is 37.9 Å². The summed E-state index contributed by atoms with van der Waals surface area (Å²) in [6.45, 7) is 4.03. The second-order valence-electron chi connectivity index (χ2n) is 5.91. The number of carbonyl (C=O) groups is 1. The molecule has 6 nitrogen and oxygen atoms in total. The maximum Gasteiger partial charge on any atom is 0.273 e. The van der Waals surface area contributed by atoms with Gasteiger partial charge in [0.15, 0.2) is 5.69 Å². The van der Waals surface area contributed by atoms with Crippen molar-refractivity contribution >= 4 is 5.91 Å². The Labute approximate surface area is 136 Å². The van der Waals surface area contributed by atoms with Crippen molar-refractivity contribution in [2.24, 2.45) is 0 Å². The molecule has 1 aromatic carbocycles. The van der Waals surface area contributed by atoms with Gasteiger partial charge in [-0.3, -0.25) is 4.79 Å². The van der Waals surface area contributed by atoms with E-state index in [1.165, 1.54) is 0 Å². The highest BCUT2D eigenvalue weighted by molar-refractivity contribution is 5.92. The molecule has 23 heavy (non-hydrogen) atoms. The van der Waals surface area contributed by atoms with Crippen molar-refractivity contribution in [2.75, 3.05) is 13.1 Å². The first-order valence-electron chi connectivity index (χ1n) is 8.26. The van der Waals surface area contributed by atoms with Gasteiger partial charge in [-0.15, -0.1) is 5.10 Å². The van der Waals surface area contributed by atoms with Gasteiger partial charge in [-0.05, 0) is 37.9 Å². The molecule has 1 aliphatic heterocycles. The zero-order valence-corrected chi connectivity index (χ0v) is 13.4. The first kappa shape index (κ1) is 15.7. The molecule has 1 atom stereocenters. The molecule has 1 amide bonds. The number of amides is 1. The number of nitrogens with zero attached hydrogens (tertiary/aromatic N) is 3. The zero-order chi connectivity index (χ0) is 16.1. The van der Waals surface area contributed by atoms with E-state index in [1.54, 1.807) is 6.20 Å². The van der Waals surface area contributed by atoms with Gasteiger partial charge in [0.05, 0.1) is 18.3 Å². The van der Waals surface area contributed by atoms with E-state index < -0.39 is 0 Å². The van der Waals surface area contributed by atoms with Gasteiger partial charge in [0, 0.05) is 0 Å². The van der Waals surface area contributed by atoms with Crippen LogP contribution in [0.25, 0.3) is 0 Å². The van der Waals surface area contributed by atoms with Gasteiger partial charge in [-0.2, -0.15) is 0 Å². The molecule has 0 saturated carbocycles. The molecule has 1 unspecified atom stereocenters. The highest BCUT2D eigenvalue weighted by atomic mass is 16.2. The molecule has 1 aromatic heterocycles. The molecule has 0 aliphatic carbocycles. The van der Waals surface area contributed by atoms with Crippen LogP contribution in [-0.4, -0.2) is 34.0 Å². The van der Waals surface area contributed by atoms with E-state index in [0.29, 0.717) is 11.7 Å². The number of hydrogen-bond donors (Lipinski definition) is 2. The molecular weight excluding hydrogens is 290 g/mol. The van der Waals surface area contributed by atoms with Gasteiger partial charge in [0.25, 0.3) is 5.91 Å². The molecule has 2 aromatic rings. The minimum absolute atomic E-state index is 0.00673. The Morgan fingerprint density at radius 2 is 2.09 bits per heavy atom. The summed E-state index contributed by atoms with van der Waals surface area (Å²) in [5.41, 5.74) is 1.49. The summed E-state index contributed by atoms with van der Waals surface area (Å²) in [5.74, 6) is -0.166. The van der Waals surface area contributed by atoms with Crippen molar-refractivity contribution in [2.45, 2.75) is 38.3 Å². The predicted molar refractivity (Wildman–Crippen MR) is 88.1 cm³/mol.